The SMILES string of the molecule is CCOc1ccc(N)cc1S(=O)(=O)NCCC1CCOC1. The summed E-state index contributed by atoms with van der Waals surface area (Å²) in [5.41, 5.74) is 6.08. The van der Waals surface area contributed by atoms with E-state index < -0.39 is 10.0 Å². The third kappa shape index (κ3) is 4.33. The predicted octanol–water partition coefficient (Wildman–Crippen LogP) is 1.37. The van der Waals surface area contributed by atoms with E-state index in [4.69, 9.17) is 15.2 Å². The molecule has 7 heteroatoms. The third-order valence-electron chi connectivity index (χ3n) is 3.43. The van der Waals surface area contributed by atoms with E-state index in [1.54, 1.807) is 19.1 Å². The molecule has 0 amide bonds. The van der Waals surface area contributed by atoms with Crippen molar-refractivity contribution in [2.75, 3.05) is 32.1 Å². The second-order valence-electron chi connectivity index (χ2n) is 5.06. The molecular weight excluding hydrogens is 292 g/mol. The van der Waals surface area contributed by atoms with Gasteiger partial charge in [0.15, 0.2) is 0 Å². The number of sulfonamides is 1. The first-order valence-electron chi connectivity index (χ1n) is 7.12. The van der Waals surface area contributed by atoms with Crippen LogP contribution in [0.4, 0.5) is 5.69 Å². The Bertz CT molecular complexity index is 568. The standard InChI is InChI=1S/C14H22N2O4S/c1-2-20-13-4-3-12(15)9-14(13)21(17,18)16-7-5-11-6-8-19-10-11/h3-4,9,11,16H,2,5-8,10,15H2,1H3. The fraction of sp³-hybridized carbons (Fsp3) is 0.571. The molecule has 2 rings (SSSR count). The lowest BCUT2D eigenvalue weighted by Gasteiger charge is -2.13. The van der Waals surface area contributed by atoms with Gasteiger partial charge in [-0.3, -0.25) is 0 Å². The van der Waals surface area contributed by atoms with Crippen LogP contribution in [0.1, 0.15) is 19.8 Å². The number of anilines is 1. The number of rotatable bonds is 7. The molecular formula is C14H22N2O4S. The second kappa shape index (κ2) is 7.11. The van der Waals surface area contributed by atoms with Crippen LogP contribution in [0.25, 0.3) is 0 Å². The molecule has 1 unspecified atom stereocenters. The van der Waals surface area contributed by atoms with Gasteiger partial charge in [0, 0.05) is 25.4 Å². The number of hydrogen-bond acceptors (Lipinski definition) is 5. The lowest BCUT2D eigenvalue weighted by molar-refractivity contribution is 0.184. The first-order chi connectivity index (χ1) is 10.0. The molecule has 1 fully saturated rings. The van der Waals surface area contributed by atoms with Gasteiger partial charge >= 0.3 is 0 Å². The molecule has 1 aromatic carbocycles. The zero-order chi connectivity index (χ0) is 15.3. The molecule has 6 nitrogen and oxygen atoms in total. The van der Waals surface area contributed by atoms with Gasteiger partial charge in [-0.05, 0) is 43.9 Å². The van der Waals surface area contributed by atoms with Gasteiger partial charge in [-0.2, -0.15) is 0 Å². The smallest absolute Gasteiger partial charge is 0.244 e. The van der Waals surface area contributed by atoms with Crippen LogP contribution >= 0.6 is 0 Å². The molecule has 1 saturated heterocycles. The average molecular weight is 314 g/mol. The van der Waals surface area contributed by atoms with Crippen molar-refractivity contribution in [3.8, 4) is 5.75 Å². The van der Waals surface area contributed by atoms with Crippen molar-refractivity contribution in [2.24, 2.45) is 5.92 Å². The maximum atomic E-state index is 12.4. The number of benzene rings is 1. The fourth-order valence-corrected chi connectivity index (χ4v) is 3.52. The Morgan fingerprint density at radius 2 is 2.29 bits per heavy atom. The third-order valence-corrected chi connectivity index (χ3v) is 4.91. The highest BCUT2D eigenvalue weighted by atomic mass is 32.2. The normalized spacial score (nSPS) is 18.8. The van der Waals surface area contributed by atoms with Crippen LogP contribution in [0.2, 0.25) is 0 Å². The molecule has 0 saturated carbocycles. The van der Waals surface area contributed by atoms with Crippen LogP contribution in [-0.2, 0) is 14.8 Å². The molecule has 1 heterocycles. The maximum Gasteiger partial charge on any atom is 0.244 e. The number of nitrogens with two attached hydrogens (primary N) is 1. The van der Waals surface area contributed by atoms with Crippen molar-refractivity contribution in [1.82, 2.24) is 4.72 Å². The van der Waals surface area contributed by atoms with Crippen molar-refractivity contribution >= 4 is 15.7 Å². The molecule has 0 spiro atoms. The Morgan fingerprint density at radius 1 is 1.48 bits per heavy atom. The Labute approximate surface area is 125 Å². The van der Waals surface area contributed by atoms with Gasteiger partial charge in [0.05, 0.1) is 6.61 Å². The molecule has 0 aliphatic carbocycles. The monoisotopic (exact) mass is 314 g/mol. The average Bonchev–Trinajstić information content (AvgIpc) is 2.94. The van der Waals surface area contributed by atoms with Gasteiger partial charge < -0.3 is 15.2 Å². The Balaban J connectivity index is 2.05. The van der Waals surface area contributed by atoms with E-state index in [-0.39, 0.29) is 4.90 Å². The Morgan fingerprint density at radius 3 is 2.95 bits per heavy atom. The van der Waals surface area contributed by atoms with Crippen LogP contribution in [0, 0.1) is 5.92 Å². The van der Waals surface area contributed by atoms with Crippen molar-refractivity contribution in [3.05, 3.63) is 18.2 Å². The lowest BCUT2D eigenvalue weighted by atomic mass is 10.1. The highest BCUT2D eigenvalue weighted by Crippen LogP contribution is 2.26. The second-order valence-corrected chi connectivity index (χ2v) is 6.79. The molecule has 21 heavy (non-hydrogen) atoms. The van der Waals surface area contributed by atoms with E-state index in [1.165, 1.54) is 6.07 Å². The van der Waals surface area contributed by atoms with Gasteiger partial charge in [-0.1, -0.05) is 0 Å². The zero-order valence-electron chi connectivity index (χ0n) is 12.2. The molecule has 1 aromatic rings. The van der Waals surface area contributed by atoms with E-state index in [1.807, 2.05) is 0 Å². The quantitative estimate of drug-likeness (QED) is 0.742. The van der Waals surface area contributed by atoms with Gasteiger partial charge in [-0.25, -0.2) is 13.1 Å². The molecule has 0 radical (unpaired) electrons. The number of hydrogen-bond donors (Lipinski definition) is 2. The Hall–Kier alpha value is -1.31. The summed E-state index contributed by atoms with van der Waals surface area (Å²) in [6.07, 6.45) is 1.76. The zero-order valence-corrected chi connectivity index (χ0v) is 13.0. The molecule has 118 valence electrons. The summed E-state index contributed by atoms with van der Waals surface area (Å²) in [4.78, 5) is 0.0898. The highest BCUT2D eigenvalue weighted by molar-refractivity contribution is 7.89. The lowest BCUT2D eigenvalue weighted by Crippen LogP contribution is -2.27. The summed E-state index contributed by atoms with van der Waals surface area (Å²) in [5.74, 6) is 0.753. The van der Waals surface area contributed by atoms with E-state index in [9.17, 15) is 8.42 Å². The van der Waals surface area contributed by atoms with E-state index in [0.717, 1.165) is 19.4 Å². The van der Waals surface area contributed by atoms with Gasteiger partial charge in [0.1, 0.15) is 10.6 Å². The van der Waals surface area contributed by atoms with Crippen LogP contribution in [-0.4, -0.2) is 34.8 Å². The molecule has 1 aliphatic heterocycles. The largest absolute Gasteiger partial charge is 0.492 e. The minimum atomic E-state index is -3.62. The number of nitrogen functional groups attached to an aromatic ring is 1. The fourth-order valence-electron chi connectivity index (χ4n) is 2.30. The topological polar surface area (TPSA) is 90.7 Å². The minimum absolute atomic E-state index is 0.0898. The number of ether oxygens (including phenoxy) is 2. The molecule has 1 aliphatic rings. The van der Waals surface area contributed by atoms with Crippen molar-refractivity contribution in [2.45, 2.75) is 24.7 Å². The Kier molecular flexibility index (Phi) is 5.44. The van der Waals surface area contributed by atoms with Gasteiger partial charge in [0.25, 0.3) is 0 Å². The minimum Gasteiger partial charge on any atom is -0.492 e. The first-order valence-corrected chi connectivity index (χ1v) is 8.61. The maximum absolute atomic E-state index is 12.4. The van der Waals surface area contributed by atoms with E-state index in [2.05, 4.69) is 4.72 Å². The van der Waals surface area contributed by atoms with Gasteiger partial charge in [-0.15, -0.1) is 0 Å². The molecule has 0 bridgehead atoms. The van der Waals surface area contributed by atoms with Crippen LogP contribution in [0.5, 0.6) is 5.75 Å². The van der Waals surface area contributed by atoms with Crippen LogP contribution in [0.15, 0.2) is 23.1 Å². The molecule has 1 atom stereocenters. The summed E-state index contributed by atoms with van der Waals surface area (Å²) in [6, 6.07) is 4.63. The molecule has 0 aromatic heterocycles. The summed E-state index contributed by atoms with van der Waals surface area (Å²) in [7, 11) is -3.62. The number of nitrogens with one attached hydrogen (secondary N) is 1. The van der Waals surface area contributed by atoms with Crippen molar-refractivity contribution < 1.29 is 17.9 Å². The van der Waals surface area contributed by atoms with E-state index >= 15 is 0 Å². The summed E-state index contributed by atoms with van der Waals surface area (Å²) in [6.45, 7) is 4.06. The van der Waals surface area contributed by atoms with Crippen LogP contribution in [0.3, 0.4) is 0 Å². The van der Waals surface area contributed by atoms with Crippen molar-refractivity contribution in [3.63, 3.8) is 0 Å². The summed E-state index contributed by atoms with van der Waals surface area (Å²) >= 11 is 0. The summed E-state index contributed by atoms with van der Waals surface area (Å²) < 4.78 is 38.0. The molecule has 3 N–H and O–H groups in total. The van der Waals surface area contributed by atoms with Crippen molar-refractivity contribution in [1.29, 1.82) is 0 Å². The highest BCUT2D eigenvalue weighted by Gasteiger charge is 2.21. The summed E-state index contributed by atoms with van der Waals surface area (Å²) in [5, 5.41) is 0. The predicted molar refractivity (Wildman–Crippen MR) is 80.8 cm³/mol. The van der Waals surface area contributed by atoms with E-state index in [0.29, 0.717) is 37.1 Å². The van der Waals surface area contributed by atoms with Crippen LogP contribution < -0.4 is 15.2 Å². The first kappa shape index (κ1) is 16.1. The van der Waals surface area contributed by atoms with Gasteiger partial charge in [0.2, 0.25) is 10.0 Å².